The van der Waals surface area contributed by atoms with E-state index in [4.69, 9.17) is 17.3 Å². The second-order valence-electron chi connectivity index (χ2n) is 7.68. The molecule has 1 unspecified atom stereocenters. The van der Waals surface area contributed by atoms with Crippen LogP contribution in [0.3, 0.4) is 0 Å². The molecule has 7 nitrogen and oxygen atoms in total. The molecule has 4 rings (SSSR count). The topological polar surface area (TPSA) is 97.9 Å². The fraction of sp³-hybridized carbons (Fsp3) is 0.208. The molecule has 0 aliphatic rings. The molecule has 3 aromatic heterocycles. The van der Waals surface area contributed by atoms with Crippen LogP contribution in [0.4, 0.5) is 5.82 Å². The predicted octanol–water partition coefficient (Wildman–Crippen LogP) is 4.68. The minimum Gasteiger partial charge on any atom is -0.383 e. The molecule has 0 radical (unpaired) electrons. The molecular formula is C24H23ClN6O. The molecule has 0 bridgehead atoms. The summed E-state index contributed by atoms with van der Waals surface area (Å²) >= 11 is 6.14. The van der Waals surface area contributed by atoms with Gasteiger partial charge in [0.05, 0.1) is 34.5 Å². The third-order valence-electron chi connectivity index (χ3n) is 5.39. The van der Waals surface area contributed by atoms with Gasteiger partial charge in [-0.2, -0.15) is 0 Å². The van der Waals surface area contributed by atoms with Crippen LogP contribution in [-0.4, -0.2) is 30.7 Å². The van der Waals surface area contributed by atoms with Crippen molar-refractivity contribution in [3.8, 4) is 0 Å². The van der Waals surface area contributed by atoms with Crippen molar-refractivity contribution in [3.63, 3.8) is 0 Å². The minimum absolute atomic E-state index is 0.157. The second kappa shape index (κ2) is 8.88. The lowest BCUT2D eigenvalue weighted by atomic mass is 10.1. The third-order valence-corrected chi connectivity index (χ3v) is 5.79. The quantitative estimate of drug-likeness (QED) is 0.478. The lowest BCUT2D eigenvalue weighted by Crippen LogP contribution is -2.34. The molecule has 1 amide bonds. The summed E-state index contributed by atoms with van der Waals surface area (Å²) in [6, 6.07) is 12.3. The van der Waals surface area contributed by atoms with Crippen molar-refractivity contribution in [1.82, 2.24) is 24.8 Å². The molecule has 32 heavy (non-hydrogen) atoms. The van der Waals surface area contributed by atoms with Crippen LogP contribution >= 0.6 is 11.6 Å². The van der Waals surface area contributed by atoms with Crippen molar-refractivity contribution >= 4 is 34.2 Å². The lowest BCUT2D eigenvalue weighted by Gasteiger charge is -2.28. The van der Waals surface area contributed by atoms with Gasteiger partial charge in [-0.15, -0.1) is 0 Å². The molecule has 162 valence electrons. The fourth-order valence-corrected chi connectivity index (χ4v) is 3.61. The fourth-order valence-electron chi connectivity index (χ4n) is 3.50. The number of pyridine rings is 2. The molecule has 0 fully saturated rings. The van der Waals surface area contributed by atoms with Gasteiger partial charge in [0.15, 0.2) is 0 Å². The molecular weight excluding hydrogens is 424 g/mol. The van der Waals surface area contributed by atoms with Crippen LogP contribution in [0.5, 0.6) is 0 Å². The molecule has 0 spiro atoms. The first kappa shape index (κ1) is 21.6. The number of aromatic nitrogens is 4. The Bertz CT molecular complexity index is 1290. The Morgan fingerprint density at radius 2 is 1.84 bits per heavy atom. The van der Waals surface area contributed by atoms with Gasteiger partial charge in [-0.3, -0.25) is 9.78 Å². The Labute approximate surface area is 191 Å². The summed E-state index contributed by atoms with van der Waals surface area (Å²) in [6.45, 7) is 5.93. The summed E-state index contributed by atoms with van der Waals surface area (Å²) in [5.74, 6) is 0.880. The lowest BCUT2D eigenvalue weighted by molar-refractivity contribution is 0.0663. The maximum absolute atomic E-state index is 13.7. The minimum atomic E-state index is -0.372. The van der Waals surface area contributed by atoms with Gasteiger partial charge < -0.3 is 10.6 Å². The van der Waals surface area contributed by atoms with Gasteiger partial charge in [-0.05, 0) is 68.8 Å². The molecule has 8 heteroatoms. The maximum atomic E-state index is 13.7. The number of anilines is 1. The Hall–Kier alpha value is -3.58. The zero-order valence-corrected chi connectivity index (χ0v) is 18.8. The monoisotopic (exact) mass is 446 g/mol. The van der Waals surface area contributed by atoms with Crippen molar-refractivity contribution in [2.45, 2.75) is 33.4 Å². The molecule has 4 aromatic rings. The second-order valence-corrected chi connectivity index (χ2v) is 8.09. The summed E-state index contributed by atoms with van der Waals surface area (Å²) in [6.07, 6.45) is 3.34. The highest BCUT2D eigenvalue weighted by molar-refractivity contribution is 6.31. The van der Waals surface area contributed by atoms with E-state index in [9.17, 15) is 4.79 Å². The molecule has 0 aliphatic carbocycles. The zero-order valence-electron chi connectivity index (χ0n) is 18.1. The van der Waals surface area contributed by atoms with E-state index in [0.29, 0.717) is 27.9 Å². The van der Waals surface area contributed by atoms with Crippen LogP contribution in [0.1, 0.15) is 46.1 Å². The number of aryl methyl sites for hydroxylation is 2. The summed E-state index contributed by atoms with van der Waals surface area (Å²) in [4.78, 5) is 33.0. The van der Waals surface area contributed by atoms with E-state index in [-0.39, 0.29) is 18.5 Å². The third kappa shape index (κ3) is 4.38. The van der Waals surface area contributed by atoms with Crippen LogP contribution in [0.2, 0.25) is 5.02 Å². The van der Waals surface area contributed by atoms with Gasteiger partial charge >= 0.3 is 0 Å². The molecule has 1 aromatic carbocycles. The van der Waals surface area contributed by atoms with E-state index in [1.807, 2.05) is 45.0 Å². The number of hydrogen-bond donors (Lipinski definition) is 1. The predicted molar refractivity (Wildman–Crippen MR) is 125 cm³/mol. The number of amides is 1. The highest BCUT2D eigenvalue weighted by Gasteiger charge is 2.26. The number of fused-ring (bicyclic) bond motifs is 1. The SMILES string of the molecule is Cc1cc2cc(C(=O)N(Cc3ccc(Cl)c(C)n3)C(C)c3ncccn3)ccc2nc1N. The summed E-state index contributed by atoms with van der Waals surface area (Å²) in [7, 11) is 0. The van der Waals surface area contributed by atoms with Crippen molar-refractivity contribution < 1.29 is 4.79 Å². The molecule has 0 saturated heterocycles. The van der Waals surface area contributed by atoms with E-state index < -0.39 is 0 Å². The number of halogens is 1. The Kier molecular flexibility index (Phi) is 6.01. The number of rotatable bonds is 5. The van der Waals surface area contributed by atoms with Gasteiger partial charge in [0.1, 0.15) is 11.6 Å². The normalized spacial score (nSPS) is 12.0. The molecule has 0 saturated carbocycles. The molecule has 0 aliphatic heterocycles. The Morgan fingerprint density at radius 1 is 1.09 bits per heavy atom. The van der Waals surface area contributed by atoms with Crippen LogP contribution in [0.25, 0.3) is 10.9 Å². The van der Waals surface area contributed by atoms with Crippen LogP contribution in [0, 0.1) is 13.8 Å². The summed E-state index contributed by atoms with van der Waals surface area (Å²) in [5, 5.41) is 1.44. The van der Waals surface area contributed by atoms with Gasteiger partial charge in [-0.25, -0.2) is 15.0 Å². The number of hydrogen-bond acceptors (Lipinski definition) is 6. The molecule has 2 N–H and O–H groups in total. The Morgan fingerprint density at radius 3 is 2.56 bits per heavy atom. The average molecular weight is 447 g/mol. The van der Waals surface area contributed by atoms with Gasteiger partial charge in [0, 0.05) is 23.3 Å². The number of benzene rings is 1. The van der Waals surface area contributed by atoms with E-state index >= 15 is 0 Å². The summed E-state index contributed by atoms with van der Waals surface area (Å²) < 4.78 is 0. The summed E-state index contributed by atoms with van der Waals surface area (Å²) in [5.41, 5.74) is 9.52. The van der Waals surface area contributed by atoms with Crippen LogP contribution in [0.15, 0.2) is 54.9 Å². The average Bonchev–Trinajstić information content (AvgIpc) is 2.80. The van der Waals surface area contributed by atoms with Crippen LogP contribution < -0.4 is 5.73 Å². The van der Waals surface area contributed by atoms with Crippen molar-refractivity contribution in [2.24, 2.45) is 0 Å². The van der Waals surface area contributed by atoms with Gasteiger partial charge in [0.25, 0.3) is 5.91 Å². The van der Waals surface area contributed by atoms with Gasteiger partial charge in [0.2, 0.25) is 0 Å². The highest BCUT2D eigenvalue weighted by Crippen LogP contribution is 2.25. The van der Waals surface area contributed by atoms with Crippen LogP contribution in [-0.2, 0) is 6.54 Å². The number of nitrogens with zero attached hydrogens (tertiary/aromatic N) is 5. The molecule has 3 heterocycles. The highest BCUT2D eigenvalue weighted by atomic mass is 35.5. The zero-order chi connectivity index (χ0) is 22.8. The smallest absolute Gasteiger partial charge is 0.254 e. The molecule has 1 atom stereocenters. The van der Waals surface area contributed by atoms with E-state index in [1.165, 1.54) is 0 Å². The standard InChI is InChI=1S/C24H23ClN6O/c1-14-11-18-12-17(5-8-21(18)30-22(14)26)24(32)31(16(3)23-27-9-4-10-28-23)13-19-6-7-20(25)15(2)29-19/h4-12,16H,13H2,1-3H3,(H2,26,30). The first-order valence-electron chi connectivity index (χ1n) is 10.2. The number of nitrogens with two attached hydrogens (primary N) is 1. The first-order valence-corrected chi connectivity index (χ1v) is 10.6. The van der Waals surface area contributed by atoms with E-state index in [0.717, 1.165) is 22.2 Å². The number of carbonyl (C=O) groups is 1. The maximum Gasteiger partial charge on any atom is 0.254 e. The van der Waals surface area contributed by atoms with Crippen molar-refractivity contribution in [1.29, 1.82) is 0 Å². The van der Waals surface area contributed by atoms with Gasteiger partial charge in [-0.1, -0.05) is 11.6 Å². The Balaban J connectivity index is 1.74. The number of carbonyl (C=O) groups excluding carboxylic acids is 1. The largest absolute Gasteiger partial charge is 0.383 e. The van der Waals surface area contributed by atoms with Crippen molar-refractivity contribution in [2.75, 3.05) is 5.73 Å². The first-order chi connectivity index (χ1) is 15.3. The van der Waals surface area contributed by atoms with Crippen molar-refractivity contribution in [3.05, 3.63) is 88.2 Å². The van der Waals surface area contributed by atoms with E-state index in [2.05, 4.69) is 19.9 Å². The van der Waals surface area contributed by atoms with E-state index in [1.54, 1.807) is 35.5 Å². The number of nitrogen functional groups attached to an aromatic ring is 1.